The minimum Gasteiger partial charge on any atom is -0.353 e. The van der Waals surface area contributed by atoms with Crippen molar-refractivity contribution in [1.82, 2.24) is 10.6 Å². The summed E-state index contributed by atoms with van der Waals surface area (Å²) in [5, 5.41) is 14.4. The van der Waals surface area contributed by atoms with Crippen molar-refractivity contribution >= 4 is 5.91 Å². The maximum absolute atomic E-state index is 11.8. The van der Waals surface area contributed by atoms with Gasteiger partial charge in [0, 0.05) is 6.54 Å². The summed E-state index contributed by atoms with van der Waals surface area (Å²) < 4.78 is 0. The second-order valence-electron chi connectivity index (χ2n) is 3.63. The van der Waals surface area contributed by atoms with Crippen molar-refractivity contribution in [3.63, 3.8) is 0 Å². The van der Waals surface area contributed by atoms with Crippen molar-refractivity contribution in [2.24, 2.45) is 0 Å². The fourth-order valence-electron chi connectivity index (χ4n) is 1.86. The topological polar surface area (TPSA) is 64.9 Å². The van der Waals surface area contributed by atoms with Crippen molar-refractivity contribution in [1.29, 1.82) is 5.26 Å². The molecule has 1 aliphatic heterocycles. The van der Waals surface area contributed by atoms with Gasteiger partial charge in [0.2, 0.25) is 5.91 Å². The fraction of sp³-hybridized carbons (Fsp3) is 0.800. The molecule has 1 unspecified atom stereocenters. The van der Waals surface area contributed by atoms with Gasteiger partial charge >= 0.3 is 0 Å². The van der Waals surface area contributed by atoms with Crippen molar-refractivity contribution in [3.8, 4) is 6.07 Å². The molecule has 1 aliphatic rings. The van der Waals surface area contributed by atoms with E-state index in [1.54, 1.807) is 0 Å². The van der Waals surface area contributed by atoms with Gasteiger partial charge in [-0.05, 0) is 25.8 Å². The third kappa shape index (κ3) is 2.24. The van der Waals surface area contributed by atoms with Gasteiger partial charge in [-0.25, -0.2) is 0 Å². The maximum atomic E-state index is 11.8. The lowest BCUT2D eigenvalue weighted by Crippen LogP contribution is -2.53. The number of carbonyl (C=O) groups excluding carboxylic acids is 1. The highest BCUT2D eigenvalue weighted by Crippen LogP contribution is 2.22. The summed E-state index contributed by atoms with van der Waals surface area (Å²) in [6.07, 6.45) is 3.15. The van der Waals surface area contributed by atoms with E-state index in [1.165, 1.54) is 0 Å². The lowest BCUT2D eigenvalue weighted by Gasteiger charge is -2.26. The van der Waals surface area contributed by atoms with Crippen LogP contribution in [0.3, 0.4) is 0 Å². The molecule has 1 atom stereocenters. The maximum Gasteiger partial charge on any atom is 0.240 e. The predicted octanol–water partition coefficient (Wildman–Crippen LogP) is 0.548. The van der Waals surface area contributed by atoms with Gasteiger partial charge in [0.05, 0.1) is 18.0 Å². The Morgan fingerprint density at radius 2 is 2.50 bits per heavy atom. The third-order valence-electron chi connectivity index (χ3n) is 2.80. The summed E-state index contributed by atoms with van der Waals surface area (Å²) >= 11 is 0. The Bertz CT molecular complexity index is 238. The van der Waals surface area contributed by atoms with E-state index in [0.29, 0.717) is 13.0 Å². The van der Waals surface area contributed by atoms with E-state index in [0.717, 1.165) is 25.8 Å². The van der Waals surface area contributed by atoms with Crippen LogP contribution < -0.4 is 10.6 Å². The van der Waals surface area contributed by atoms with Crippen LogP contribution >= 0.6 is 0 Å². The normalized spacial score (nSPS) is 25.7. The minimum atomic E-state index is -0.366. The number of carbonyl (C=O) groups is 1. The van der Waals surface area contributed by atoms with Crippen LogP contribution in [0.15, 0.2) is 0 Å². The van der Waals surface area contributed by atoms with Crippen LogP contribution in [0.5, 0.6) is 0 Å². The van der Waals surface area contributed by atoms with E-state index in [-0.39, 0.29) is 11.4 Å². The lowest BCUT2D eigenvalue weighted by molar-refractivity contribution is -0.127. The van der Waals surface area contributed by atoms with Crippen LogP contribution in [-0.4, -0.2) is 24.5 Å². The molecule has 4 nitrogen and oxygen atoms in total. The fourth-order valence-corrected chi connectivity index (χ4v) is 1.86. The average Bonchev–Trinajstić information content (AvgIpc) is 2.67. The first-order valence-corrected chi connectivity index (χ1v) is 5.15. The zero-order valence-corrected chi connectivity index (χ0v) is 8.60. The Balaban J connectivity index is 2.44. The van der Waals surface area contributed by atoms with Gasteiger partial charge in [-0.15, -0.1) is 0 Å². The quantitative estimate of drug-likeness (QED) is 0.644. The van der Waals surface area contributed by atoms with Gasteiger partial charge < -0.3 is 10.6 Å². The molecule has 78 valence electrons. The van der Waals surface area contributed by atoms with Gasteiger partial charge in [-0.2, -0.15) is 5.26 Å². The Morgan fingerprint density at radius 1 is 1.71 bits per heavy atom. The molecule has 0 bridgehead atoms. The summed E-state index contributed by atoms with van der Waals surface area (Å²) in [6, 6.07) is 2.01. The third-order valence-corrected chi connectivity index (χ3v) is 2.80. The number of hydrogen-bond acceptors (Lipinski definition) is 3. The number of hydrogen-bond donors (Lipinski definition) is 2. The second-order valence-corrected chi connectivity index (χ2v) is 3.63. The van der Waals surface area contributed by atoms with Crippen molar-refractivity contribution in [2.45, 2.75) is 38.1 Å². The molecule has 1 amide bonds. The molecule has 2 N–H and O–H groups in total. The highest BCUT2D eigenvalue weighted by atomic mass is 16.2. The highest BCUT2D eigenvalue weighted by Gasteiger charge is 2.38. The molecule has 0 spiro atoms. The molecule has 1 rings (SSSR count). The van der Waals surface area contributed by atoms with E-state index < -0.39 is 0 Å². The van der Waals surface area contributed by atoms with Crippen molar-refractivity contribution in [3.05, 3.63) is 0 Å². The first-order chi connectivity index (χ1) is 6.75. The summed E-state index contributed by atoms with van der Waals surface area (Å²) in [4.78, 5) is 11.8. The van der Waals surface area contributed by atoms with Crippen LogP contribution in [-0.2, 0) is 4.79 Å². The molecule has 0 aromatic heterocycles. The summed E-state index contributed by atoms with van der Waals surface area (Å²) in [5.41, 5.74) is -0.366. The number of nitrogens with one attached hydrogen (secondary N) is 2. The van der Waals surface area contributed by atoms with Gasteiger partial charge in [-0.3, -0.25) is 4.79 Å². The van der Waals surface area contributed by atoms with E-state index in [4.69, 9.17) is 5.26 Å². The molecule has 0 radical (unpaired) electrons. The monoisotopic (exact) mass is 195 g/mol. The zero-order valence-electron chi connectivity index (χ0n) is 8.60. The minimum absolute atomic E-state index is 0.0488. The van der Waals surface area contributed by atoms with Gasteiger partial charge in [-0.1, -0.05) is 6.92 Å². The molecule has 4 heteroatoms. The smallest absolute Gasteiger partial charge is 0.240 e. The summed E-state index contributed by atoms with van der Waals surface area (Å²) in [5.74, 6) is 0.0488. The zero-order chi connectivity index (χ0) is 10.4. The van der Waals surface area contributed by atoms with Crippen LogP contribution in [0.25, 0.3) is 0 Å². The Labute approximate surface area is 84.7 Å². The molecular weight excluding hydrogens is 178 g/mol. The van der Waals surface area contributed by atoms with Gasteiger partial charge in [0.15, 0.2) is 0 Å². The van der Waals surface area contributed by atoms with Gasteiger partial charge in [0.1, 0.15) is 0 Å². The molecule has 1 saturated heterocycles. The number of amides is 1. The lowest BCUT2D eigenvalue weighted by atomic mass is 9.93. The van der Waals surface area contributed by atoms with E-state index in [9.17, 15) is 4.79 Å². The molecule has 0 aliphatic carbocycles. The summed E-state index contributed by atoms with van der Waals surface area (Å²) in [7, 11) is 0. The van der Waals surface area contributed by atoms with Crippen LogP contribution in [0.4, 0.5) is 0 Å². The second kappa shape index (κ2) is 4.97. The molecule has 1 heterocycles. The first-order valence-electron chi connectivity index (χ1n) is 5.15. The Hall–Kier alpha value is -1.08. The van der Waals surface area contributed by atoms with Crippen LogP contribution in [0, 0.1) is 11.3 Å². The standard InChI is InChI=1S/C10H17N3O/c1-2-10(5-3-8-13-10)9(14)12-7-4-6-11/h13H,2-5,7-8H2,1H3,(H,12,14). The molecule has 14 heavy (non-hydrogen) atoms. The van der Waals surface area contributed by atoms with Crippen LogP contribution in [0.1, 0.15) is 32.6 Å². The molecule has 0 saturated carbocycles. The largest absolute Gasteiger partial charge is 0.353 e. The van der Waals surface area contributed by atoms with Crippen molar-refractivity contribution in [2.75, 3.05) is 13.1 Å². The first kappa shape index (κ1) is 11.0. The van der Waals surface area contributed by atoms with E-state index in [2.05, 4.69) is 10.6 Å². The van der Waals surface area contributed by atoms with E-state index >= 15 is 0 Å². The molecular formula is C10H17N3O. The molecule has 1 fully saturated rings. The molecule has 0 aromatic rings. The SMILES string of the molecule is CCC1(C(=O)NCCC#N)CCCN1. The summed E-state index contributed by atoms with van der Waals surface area (Å²) in [6.45, 7) is 3.39. The van der Waals surface area contributed by atoms with E-state index in [1.807, 2.05) is 13.0 Å². The average molecular weight is 195 g/mol. The Morgan fingerprint density at radius 3 is 3.00 bits per heavy atom. The number of nitrogens with zero attached hydrogens (tertiary/aromatic N) is 1. The number of rotatable bonds is 4. The van der Waals surface area contributed by atoms with Gasteiger partial charge in [0.25, 0.3) is 0 Å². The number of nitriles is 1. The Kier molecular flexibility index (Phi) is 3.90. The predicted molar refractivity (Wildman–Crippen MR) is 53.5 cm³/mol. The van der Waals surface area contributed by atoms with Crippen molar-refractivity contribution < 1.29 is 4.79 Å². The molecule has 0 aromatic carbocycles. The van der Waals surface area contributed by atoms with Crippen LogP contribution in [0.2, 0.25) is 0 Å². The highest BCUT2D eigenvalue weighted by molar-refractivity contribution is 5.86.